The van der Waals surface area contributed by atoms with Crippen LogP contribution in [0.2, 0.25) is 0 Å². The van der Waals surface area contributed by atoms with Crippen molar-refractivity contribution in [3.63, 3.8) is 0 Å². The first-order valence-corrected chi connectivity index (χ1v) is 10.9. The lowest BCUT2D eigenvalue weighted by Crippen LogP contribution is -2.23. The number of hydrogen-bond acceptors (Lipinski definition) is 7. The van der Waals surface area contributed by atoms with Crippen LogP contribution in [0.5, 0.6) is 11.5 Å². The number of amides is 1. The monoisotopic (exact) mass is 504 g/mol. The Bertz CT molecular complexity index is 1070. The molecule has 0 saturated carbocycles. The van der Waals surface area contributed by atoms with Crippen LogP contribution in [-0.2, 0) is 9.53 Å². The van der Waals surface area contributed by atoms with Crippen LogP contribution >= 0.6 is 27.7 Å². The van der Waals surface area contributed by atoms with Gasteiger partial charge in [0, 0.05) is 11.5 Å². The first kappa shape index (κ1) is 22.9. The Morgan fingerprint density at radius 3 is 2.52 bits per heavy atom. The van der Waals surface area contributed by atoms with E-state index in [1.54, 1.807) is 44.5 Å². The number of ether oxygens (including phenoxy) is 3. The fourth-order valence-corrected chi connectivity index (χ4v) is 4.20. The van der Waals surface area contributed by atoms with E-state index in [0.29, 0.717) is 39.4 Å². The lowest BCUT2D eigenvalue weighted by molar-refractivity contribution is -0.121. The fraction of sp³-hybridized carbons (Fsp3) is 0.227. The number of esters is 1. The minimum Gasteiger partial charge on any atom is -0.493 e. The highest BCUT2D eigenvalue weighted by atomic mass is 79.9. The number of methoxy groups -OCH3 is 2. The second-order valence-electron chi connectivity index (χ2n) is 6.37. The maximum absolute atomic E-state index is 12.8. The quantitative estimate of drug-likeness (QED) is 0.412. The van der Waals surface area contributed by atoms with Crippen LogP contribution in [0.25, 0.3) is 6.08 Å². The molecule has 1 aliphatic heterocycles. The van der Waals surface area contributed by atoms with Gasteiger partial charge in [-0.05, 0) is 66.7 Å². The summed E-state index contributed by atoms with van der Waals surface area (Å²) in [6.07, 6.45) is 1.79. The second-order valence-corrected chi connectivity index (χ2v) is 8.23. The Kier molecular flexibility index (Phi) is 7.40. The molecule has 0 spiro atoms. The van der Waals surface area contributed by atoms with Crippen LogP contribution in [0.1, 0.15) is 22.8 Å². The molecule has 31 heavy (non-hydrogen) atoms. The van der Waals surface area contributed by atoms with Crippen molar-refractivity contribution in [1.29, 1.82) is 0 Å². The molecule has 0 radical (unpaired) electrons. The minimum absolute atomic E-state index is 0.158. The van der Waals surface area contributed by atoms with E-state index in [4.69, 9.17) is 14.2 Å². The molecule has 0 unspecified atom stereocenters. The van der Waals surface area contributed by atoms with E-state index >= 15 is 0 Å². The lowest BCUT2D eigenvalue weighted by Gasteiger charge is -2.11. The van der Waals surface area contributed by atoms with Crippen LogP contribution in [0.15, 0.2) is 50.8 Å². The molecule has 7 nitrogen and oxygen atoms in total. The molecule has 2 aromatic rings. The van der Waals surface area contributed by atoms with Crippen molar-refractivity contribution in [3.8, 4) is 11.5 Å². The van der Waals surface area contributed by atoms with Gasteiger partial charge in [-0.15, -0.1) is 0 Å². The van der Waals surface area contributed by atoms with Gasteiger partial charge in [0.05, 0.1) is 37.0 Å². The van der Waals surface area contributed by atoms with E-state index in [2.05, 4.69) is 20.9 Å². The zero-order chi connectivity index (χ0) is 22.5. The van der Waals surface area contributed by atoms with E-state index in [0.717, 1.165) is 10.0 Å². The van der Waals surface area contributed by atoms with Gasteiger partial charge >= 0.3 is 5.97 Å². The van der Waals surface area contributed by atoms with Crippen molar-refractivity contribution >= 4 is 56.5 Å². The Labute approximate surface area is 193 Å². The average Bonchev–Trinajstić information content (AvgIpc) is 3.03. The molecule has 3 rings (SSSR count). The smallest absolute Gasteiger partial charge is 0.337 e. The number of carbonyl (C=O) groups excluding carboxylic acids is 2. The largest absolute Gasteiger partial charge is 0.493 e. The molecule has 1 amide bonds. The summed E-state index contributed by atoms with van der Waals surface area (Å²) in [7, 11) is 4.58. The Balaban J connectivity index is 1.88. The molecular formula is C22H21BrN2O5S. The number of aliphatic imine (C=N–C) groups is 1. The molecule has 0 N–H and O–H groups in total. The van der Waals surface area contributed by atoms with Crippen molar-refractivity contribution < 1.29 is 23.8 Å². The van der Waals surface area contributed by atoms with Crippen LogP contribution in [-0.4, -0.2) is 49.8 Å². The summed E-state index contributed by atoms with van der Waals surface area (Å²) < 4.78 is 16.5. The Morgan fingerprint density at radius 2 is 1.90 bits per heavy atom. The number of hydrogen-bond donors (Lipinski definition) is 0. The van der Waals surface area contributed by atoms with Crippen LogP contribution in [0, 0.1) is 0 Å². The number of thioether (sulfide) groups is 1. The predicted molar refractivity (Wildman–Crippen MR) is 125 cm³/mol. The van der Waals surface area contributed by atoms with E-state index in [9.17, 15) is 9.59 Å². The number of carbonyl (C=O) groups is 2. The fourth-order valence-electron chi connectivity index (χ4n) is 2.78. The molecule has 1 aliphatic rings. The van der Waals surface area contributed by atoms with Crippen LogP contribution in [0.4, 0.5) is 5.69 Å². The molecule has 0 aliphatic carbocycles. The standard InChI is InChI=1S/C22H21BrN2O5S/c1-5-30-18-12-16(23)14(10-17(18)28-3)11-19-20(26)25(2)22(31-19)24-15-8-6-13(7-9-15)21(27)29-4/h6-12H,5H2,1-4H3. The second kappa shape index (κ2) is 10.0. The maximum atomic E-state index is 12.8. The minimum atomic E-state index is -0.414. The third kappa shape index (κ3) is 5.11. The van der Waals surface area contributed by atoms with Gasteiger partial charge in [-0.3, -0.25) is 9.69 Å². The van der Waals surface area contributed by atoms with Crippen LogP contribution in [0.3, 0.4) is 0 Å². The van der Waals surface area contributed by atoms with E-state index in [1.165, 1.54) is 23.8 Å². The molecule has 1 heterocycles. The number of nitrogens with zero attached hydrogens (tertiary/aromatic N) is 2. The van der Waals surface area contributed by atoms with Gasteiger partial charge in [0.15, 0.2) is 16.7 Å². The van der Waals surface area contributed by atoms with E-state index in [-0.39, 0.29) is 5.91 Å². The summed E-state index contributed by atoms with van der Waals surface area (Å²) in [6.45, 7) is 2.42. The zero-order valence-corrected chi connectivity index (χ0v) is 19.9. The van der Waals surface area contributed by atoms with Gasteiger partial charge in [-0.1, -0.05) is 15.9 Å². The number of benzene rings is 2. The Morgan fingerprint density at radius 1 is 1.19 bits per heavy atom. The van der Waals surface area contributed by atoms with Crippen LogP contribution < -0.4 is 9.47 Å². The summed E-state index contributed by atoms with van der Waals surface area (Å²) in [5.74, 6) is 0.637. The average molecular weight is 505 g/mol. The van der Waals surface area contributed by atoms with Gasteiger partial charge in [0.25, 0.3) is 5.91 Å². The van der Waals surface area contributed by atoms with Crippen molar-refractivity contribution in [2.75, 3.05) is 27.9 Å². The number of amidine groups is 1. The number of likely N-dealkylation sites (N-methyl/N-ethyl adjacent to an activating group) is 1. The molecule has 0 aromatic heterocycles. The highest BCUT2D eigenvalue weighted by molar-refractivity contribution is 9.10. The summed E-state index contributed by atoms with van der Waals surface area (Å²) in [4.78, 5) is 30.9. The molecule has 0 bridgehead atoms. The van der Waals surface area contributed by atoms with Gasteiger partial charge in [-0.25, -0.2) is 9.79 Å². The number of rotatable bonds is 6. The molecule has 2 aromatic carbocycles. The molecule has 1 fully saturated rings. The molecule has 0 atom stereocenters. The zero-order valence-electron chi connectivity index (χ0n) is 17.5. The van der Waals surface area contributed by atoms with Crippen molar-refractivity contribution in [2.45, 2.75) is 6.92 Å². The SMILES string of the molecule is CCOc1cc(Br)c(C=C2SC(=Nc3ccc(C(=O)OC)cc3)N(C)C2=O)cc1OC. The van der Waals surface area contributed by atoms with Gasteiger partial charge < -0.3 is 14.2 Å². The topological polar surface area (TPSA) is 77.4 Å². The summed E-state index contributed by atoms with van der Waals surface area (Å²) in [5, 5.41) is 0.538. The molecular weight excluding hydrogens is 484 g/mol. The van der Waals surface area contributed by atoms with Gasteiger partial charge in [0.2, 0.25) is 0 Å². The number of halogens is 1. The Hall–Kier alpha value is -2.78. The summed E-state index contributed by atoms with van der Waals surface area (Å²) >= 11 is 4.80. The van der Waals surface area contributed by atoms with E-state index in [1.807, 2.05) is 19.1 Å². The van der Waals surface area contributed by atoms with E-state index < -0.39 is 5.97 Å². The van der Waals surface area contributed by atoms with Crippen molar-refractivity contribution in [2.24, 2.45) is 4.99 Å². The normalized spacial score (nSPS) is 16.2. The lowest BCUT2D eigenvalue weighted by atomic mass is 10.2. The molecule has 162 valence electrons. The van der Waals surface area contributed by atoms with Crippen molar-refractivity contribution in [3.05, 3.63) is 56.9 Å². The highest BCUT2D eigenvalue weighted by Gasteiger charge is 2.30. The third-order valence-corrected chi connectivity index (χ3v) is 6.13. The predicted octanol–water partition coefficient (Wildman–Crippen LogP) is 4.88. The summed E-state index contributed by atoms with van der Waals surface area (Å²) in [5.41, 5.74) is 1.85. The molecule has 9 heteroatoms. The first-order valence-electron chi connectivity index (χ1n) is 9.33. The first-order chi connectivity index (χ1) is 14.9. The summed E-state index contributed by atoms with van der Waals surface area (Å²) in [6, 6.07) is 10.3. The third-order valence-electron chi connectivity index (χ3n) is 4.39. The maximum Gasteiger partial charge on any atom is 0.337 e. The van der Waals surface area contributed by atoms with Gasteiger partial charge in [-0.2, -0.15) is 0 Å². The van der Waals surface area contributed by atoms with Crippen molar-refractivity contribution in [1.82, 2.24) is 4.90 Å². The highest BCUT2D eigenvalue weighted by Crippen LogP contribution is 2.38. The molecule has 1 saturated heterocycles. The van der Waals surface area contributed by atoms with Gasteiger partial charge in [0.1, 0.15) is 0 Å².